The molecule has 2 spiro atoms. The molecule has 0 radical (unpaired) electrons. The van der Waals surface area contributed by atoms with Gasteiger partial charge in [-0.15, -0.1) is 0 Å². The smallest absolute Gasteiger partial charge is 0.0221 e. The summed E-state index contributed by atoms with van der Waals surface area (Å²) in [5.41, 5.74) is 1.56. The van der Waals surface area contributed by atoms with E-state index in [2.05, 4.69) is 15.1 Å². The van der Waals surface area contributed by atoms with Gasteiger partial charge in [0.2, 0.25) is 0 Å². The molecule has 5 aliphatic rings. The molecule has 24 heavy (non-hydrogen) atoms. The summed E-state index contributed by atoms with van der Waals surface area (Å²) in [6.07, 6.45) is 16.5. The molecule has 136 valence electrons. The molecule has 3 nitrogen and oxygen atoms in total. The summed E-state index contributed by atoms with van der Waals surface area (Å²) < 4.78 is 0. The molecular formula is C21H37N3. The molecule has 5 fully saturated rings. The van der Waals surface area contributed by atoms with Crippen LogP contribution in [0.1, 0.15) is 70.6 Å². The average Bonchev–Trinajstić information content (AvgIpc) is 2.59. The number of hydrogen-bond donors (Lipinski definition) is 1. The van der Waals surface area contributed by atoms with Crippen LogP contribution in [0.25, 0.3) is 0 Å². The Morgan fingerprint density at radius 3 is 1.83 bits per heavy atom. The molecule has 5 rings (SSSR count). The van der Waals surface area contributed by atoms with Gasteiger partial charge in [0.25, 0.3) is 0 Å². The van der Waals surface area contributed by atoms with Gasteiger partial charge in [0.15, 0.2) is 0 Å². The van der Waals surface area contributed by atoms with Gasteiger partial charge in [0.1, 0.15) is 0 Å². The Labute approximate surface area is 148 Å². The van der Waals surface area contributed by atoms with Crippen LogP contribution in [0.15, 0.2) is 0 Å². The normalized spacial score (nSPS) is 37.2. The highest BCUT2D eigenvalue weighted by atomic mass is 15.2. The number of nitrogens with zero attached hydrogens (tertiary/aromatic N) is 2. The van der Waals surface area contributed by atoms with Crippen LogP contribution in [0.5, 0.6) is 0 Å². The average molecular weight is 332 g/mol. The van der Waals surface area contributed by atoms with Crippen molar-refractivity contribution in [2.24, 2.45) is 10.8 Å². The maximum Gasteiger partial charge on any atom is 0.0221 e. The summed E-state index contributed by atoms with van der Waals surface area (Å²) in [7, 11) is 0. The van der Waals surface area contributed by atoms with E-state index >= 15 is 0 Å². The summed E-state index contributed by atoms with van der Waals surface area (Å²) in [6, 6.07) is 1.79. The molecule has 3 heterocycles. The first-order valence-electron chi connectivity index (χ1n) is 10.9. The zero-order valence-corrected chi connectivity index (χ0v) is 15.6. The van der Waals surface area contributed by atoms with E-state index in [9.17, 15) is 0 Å². The molecule has 3 aliphatic heterocycles. The van der Waals surface area contributed by atoms with E-state index in [-0.39, 0.29) is 0 Å². The Balaban J connectivity index is 1.08. The summed E-state index contributed by atoms with van der Waals surface area (Å²) >= 11 is 0. The van der Waals surface area contributed by atoms with Crippen LogP contribution in [0.4, 0.5) is 0 Å². The van der Waals surface area contributed by atoms with Crippen molar-refractivity contribution in [3.63, 3.8) is 0 Å². The molecule has 0 amide bonds. The molecular weight excluding hydrogens is 294 g/mol. The lowest BCUT2D eigenvalue weighted by atomic mass is 9.58. The second-order valence-corrected chi connectivity index (χ2v) is 9.99. The summed E-state index contributed by atoms with van der Waals surface area (Å²) in [5, 5.41) is 3.60. The van der Waals surface area contributed by atoms with Gasteiger partial charge < -0.3 is 10.2 Å². The van der Waals surface area contributed by atoms with Gasteiger partial charge in [0.05, 0.1) is 0 Å². The number of rotatable bonds is 2. The zero-order chi connectivity index (χ0) is 16.0. The third-order valence-corrected chi connectivity index (χ3v) is 8.77. The fourth-order valence-electron chi connectivity index (χ4n) is 6.66. The molecule has 0 aromatic carbocycles. The molecule has 0 aromatic heterocycles. The second kappa shape index (κ2) is 6.25. The van der Waals surface area contributed by atoms with Gasteiger partial charge in [0, 0.05) is 18.6 Å². The number of hydrogen-bond acceptors (Lipinski definition) is 3. The van der Waals surface area contributed by atoms with Gasteiger partial charge in [-0.3, -0.25) is 4.90 Å². The highest BCUT2D eigenvalue weighted by Crippen LogP contribution is 2.54. The molecule has 1 unspecified atom stereocenters. The van der Waals surface area contributed by atoms with Gasteiger partial charge in [-0.1, -0.05) is 6.42 Å². The maximum atomic E-state index is 3.60. The van der Waals surface area contributed by atoms with Crippen LogP contribution < -0.4 is 5.32 Å². The topological polar surface area (TPSA) is 18.5 Å². The van der Waals surface area contributed by atoms with Gasteiger partial charge in [-0.2, -0.15) is 0 Å². The monoisotopic (exact) mass is 331 g/mol. The largest absolute Gasteiger partial charge is 0.315 e. The lowest BCUT2D eigenvalue weighted by molar-refractivity contribution is -0.0750. The number of piperidine rings is 3. The van der Waals surface area contributed by atoms with E-state index in [1.54, 1.807) is 12.8 Å². The first-order chi connectivity index (χ1) is 11.8. The fraction of sp³-hybridized carbons (Fsp3) is 1.00. The van der Waals surface area contributed by atoms with Crippen molar-refractivity contribution >= 4 is 0 Å². The third kappa shape index (κ3) is 2.85. The zero-order valence-electron chi connectivity index (χ0n) is 15.6. The highest BCUT2D eigenvalue weighted by molar-refractivity contribution is 5.04. The molecule has 1 atom stereocenters. The molecule has 1 N–H and O–H groups in total. The Hall–Kier alpha value is -0.120. The van der Waals surface area contributed by atoms with E-state index in [1.165, 1.54) is 97.1 Å². The second-order valence-electron chi connectivity index (χ2n) is 9.99. The SMILES string of the molecule is C1CNCC(N2CCC3(CC2)CC(N2CCC4(CCC4)CC2)C3)C1. The standard InChI is InChI=1S/C21H37N3/c1-3-18(17-22-10-1)23-13-8-21(9-14-23)15-19(16-21)24-11-6-20(7-12-24)4-2-5-20/h18-19,22H,1-17H2. The van der Waals surface area contributed by atoms with Crippen LogP contribution in [0.3, 0.4) is 0 Å². The van der Waals surface area contributed by atoms with Crippen LogP contribution in [-0.2, 0) is 0 Å². The van der Waals surface area contributed by atoms with E-state index in [0.29, 0.717) is 0 Å². The first-order valence-corrected chi connectivity index (χ1v) is 10.9. The van der Waals surface area contributed by atoms with Gasteiger partial charge in [-0.25, -0.2) is 0 Å². The van der Waals surface area contributed by atoms with E-state index < -0.39 is 0 Å². The van der Waals surface area contributed by atoms with E-state index in [0.717, 1.165) is 22.9 Å². The predicted octanol–water partition coefficient (Wildman–Crippen LogP) is 3.25. The van der Waals surface area contributed by atoms with E-state index in [4.69, 9.17) is 0 Å². The van der Waals surface area contributed by atoms with Crippen molar-refractivity contribution in [2.75, 3.05) is 39.3 Å². The molecule has 0 aromatic rings. The summed E-state index contributed by atoms with van der Waals surface area (Å²) in [5.74, 6) is 0. The fourth-order valence-corrected chi connectivity index (χ4v) is 6.66. The molecule has 0 bridgehead atoms. The van der Waals surface area contributed by atoms with Crippen LogP contribution in [0, 0.1) is 10.8 Å². The van der Waals surface area contributed by atoms with Crippen molar-refractivity contribution < 1.29 is 0 Å². The van der Waals surface area contributed by atoms with Crippen molar-refractivity contribution in [3.8, 4) is 0 Å². The Kier molecular flexibility index (Phi) is 4.18. The van der Waals surface area contributed by atoms with Gasteiger partial charge >= 0.3 is 0 Å². The van der Waals surface area contributed by atoms with Crippen molar-refractivity contribution in [1.82, 2.24) is 15.1 Å². The third-order valence-electron chi connectivity index (χ3n) is 8.77. The molecule has 3 saturated heterocycles. The highest BCUT2D eigenvalue weighted by Gasteiger charge is 2.50. The molecule has 2 saturated carbocycles. The lowest BCUT2D eigenvalue weighted by Crippen LogP contribution is -2.59. The lowest BCUT2D eigenvalue weighted by Gasteiger charge is -2.58. The summed E-state index contributed by atoms with van der Waals surface area (Å²) in [6.45, 7) is 8.07. The Morgan fingerprint density at radius 1 is 0.667 bits per heavy atom. The van der Waals surface area contributed by atoms with Crippen molar-refractivity contribution in [2.45, 2.75) is 82.7 Å². The Bertz CT molecular complexity index is 426. The number of likely N-dealkylation sites (tertiary alicyclic amines) is 2. The van der Waals surface area contributed by atoms with Crippen molar-refractivity contribution in [1.29, 1.82) is 0 Å². The maximum absolute atomic E-state index is 3.60. The quantitative estimate of drug-likeness (QED) is 0.838. The minimum absolute atomic E-state index is 0.745. The van der Waals surface area contributed by atoms with Crippen molar-refractivity contribution in [3.05, 3.63) is 0 Å². The van der Waals surface area contributed by atoms with Crippen LogP contribution >= 0.6 is 0 Å². The minimum atomic E-state index is 0.745. The van der Waals surface area contributed by atoms with Gasteiger partial charge in [-0.05, 0) is 108 Å². The number of nitrogens with one attached hydrogen (secondary N) is 1. The minimum Gasteiger partial charge on any atom is -0.315 e. The molecule has 3 heteroatoms. The van der Waals surface area contributed by atoms with Crippen LogP contribution in [-0.4, -0.2) is 61.2 Å². The first kappa shape index (κ1) is 16.1. The van der Waals surface area contributed by atoms with E-state index in [1.807, 2.05) is 0 Å². The van der Waals surface area contributed by atoms with Crippen LogP contribution in [0.2, 0.25) is 0 Å². The Morgan fingerprint density at radius 2 is 1.29 bits per heavy atom. The molecule has 2 aliphatic carbocycles. The summed E-state index contributed by atoms with van der Waals surface area (Å²) in [4.78, 5) is 5.69. The predicted molar refractivity (Wildman–Crippen MR) is 99.2 cm³/mol.